The summed E-state index contributed by atoms with van der Waals surface area (Å²) in [5.41, 5.74) is 1.30. The van der Waals surface area contributed by atoms with Crippen LogP contribution in [0.2, 0.25) is 5.02 Å². The third-order valence-corrected chi connectivity index (χ3v) is 3.09. The van der Waals surface area contributed by atoms with Crippen LogP contribution in [0.15, 0.2) is 24.3 Å². The van der Waals surface area contributed by atoms with E-state index in [9.17, 15) is 9.18 Å². The molecule has 22 heavy (non-hydrogen) atoms. The zero-order valence-corrected chi connectivity index (χ0v) is 13.0. The lowest BCUT2D eigenvalue weighted by Gasteiger charge is -2.08. The molecule has 5 nitrogen and oxygen atoms in total. The summed E-state index contributed by atoms with van der Waals surface area (Å²) in [5, 5.41) is 5.61. The van der Waals surface area contributed by atoms with Crippen LogP contribution in [0.4, 0.5) is 16.0 Å². The van der Waals surface area contributed by atoms with Crippen LogP contribution < -0.4 is 10.6 Å². The Morgan fingerprint density at radius 3 is 2.77 bits per heavy atom. The fourth-order valence-corrected chi connectivity index (χ4v) is 1.95. The summed E-state index contributed by atoms with van der Waals surface area (Å²) in [6.07, 6.45) is 0.924. The number of rotatable bonds is 5. The van der Waals surface area contributed by atoms with Crippen LogP contribution in [-0.2, 0) is 0 Å². The van der Waals surface area contributed by atoms with Gasteiger partial charge in [0.2, 0.25) is 5.95 Å². The minimum atomic E-state index is -0.538. The third-order valence-electron chi connectivity index (χ3n) is 2.80. The van der Waals surface area contributed by atoms with Crippen molar-refractivity contribution in [2.24, 2.45) is 0 Å². The third kappa shape index (κ3) is 4.14. The van der Waals surface area contributed by atoms with Crippen molar-refractivity contribution in [3.63, 3.8) is 0 Å². The van der Waals surface area contributed by atoms with Crippen molar-refractivity contribution < 1.29 is 9.18 Å². The molecule has 1 aromatic heterocycles. The smallest absolute Gasteiger partial charge is 0.274 e. The Morgan fingerprint density at radius 2 is 2.09 bits per heavy atom. The van der Waals surface area contributed by atoms with Crippen molar-refractivity contribution in [1.82, 2.24) is 9.97 Å². The van der Waals surface area contributed by atoms with Gasteiger partial charge in [-0.25, -0.2) is 14.4 Å². The Bertz CT molecular complexity index is 693. The van der Waals surface area contributed by atoms with Gasteiger partial charge >= 0.3 is 0 Å². The molecule has 0 saturated carbocycles. The van der Waals surface area contributed by atoms with Gasteiger partial charge in [0.05, 0.1) is 5.02 Å². The fourth-order valence-electron chi connectivity index (χ4n) is 1.77. The summed E-state index contributed by atoms with van der Waals surface area (Å²) in [4.78, 5) is 20.6. The molecule has 7 heteroatoms. The molecule has 0 atom stereocenters. The highest BCUT2D eigenvalue weighted by molar-refractivity contribution is 6.31. The van der Waals surface area contributed by atoms with E-state index in [4.69, 9.17) is 11.6 Å². The first-order valence-corrected chi connectivity index (χ1v) is 7.23. The second-order valence-corrected chi connectivity index (χ2v) is 5.14. The number of benzene rings is 1. The van der Waals surface area contributed by atoms with Crippen molar-refractivity contribution in [2.75, 3.05) is 17.2 Å². The SMILES string of the molecule is CCCNc1nc(C)cc(C(=O)Nc2ccc(F)c(Cl)c2)n1. The highest BCUT2D eigenvalue weighted by Crippen LogP contribution is 2.20. The average Bonchev–Trinajstić information content (AvgIpc) is 2.48. The van der Waals surface area contributed by atoms with Gasteiger partial charge in [-0.3, -0.25) is 4.79 Å². The molecule has 1 aromatic carbocycles. The second kappa shape index (κ2) is 7.17. The number of hydrogen-bond donors (Lipinski definition) is 2. The number of hydrogen-bond acceptors (Lipinski definition) is 4. The molecule has 116 valence electrons. The molecule has 0 fully saturated rings. The number of carbonyl (C=O) groups excluding carboxylic acids is 1. The van der Waals surface area contributed by atoms with Gasteiger partial charge in [0.1, 0.15) is 11.5 Å². The standard InChI is InChI=1S/C15H16ClFN4O/c1-3-6-18-15-19-9(2)7-13(21-15)14(22)20-10-4-5-12(17)11(16)8-10/h4-5,7-8H,3,6H2,1-2H3,(H,20,22)(H,18,19,21). The zero-order chi connectivity index (χ0) is 16.1. The first-order chi connectivity index (χ1) is 10.5. The van der Waals surface area contributed by atoms with E-state index >= 15 is 0 Å². The Labute approximate surface area is 132 Å². The van der Waals surface area contributed by atoms with E-state index in [0.29, 0.717) is 17.3 Å². The minimum Gasteiger partial charge on any atom is -0.354 e. The van der Waals surface area contributed by atoms with E-state index in [-0.39, 0.29) is 10.7 Å². The van der Waals surface area contributed by atoms with Crippen molar-refractivity contribution in [3.05, 3.63) is 46.5 Å². The van der Waals surface area contributed by atoms with Crippen LogP contribution in [0.1, 0.15) is 29.5 Å². The van der Waals surface area contributed by atoms with Gasteiger partial charge in [-0.1, -0.05) is 18.5 Å². The molecule has 2 rings (SSSR count). The highest BCUT2D eigenvalue weighted by Gasteiger charge is 2.12. The molecule has 0 radical (unpaired) electrons. The van der Waals surface area contributed by atoms with E-state index in [0.717, 1.165) is 13.0 Å². The fraction of sp³-hybridized carbons (Fsp3) is 0.267. The van der Waals surface area contributed by atoms with E-state index in [1.54, 1.807) is 13.0 Å². The molecule has 0 spiro atoms. The summed E-state index contributed by atoms with van der Waals surface area (Å²) in [6.45, 7) is 4.52. The number of aromatic nitrogens is 2. The monoisotopic (exact) mass is 322 g/mol. The average molecular weight is 323 g/mol. The maximum Gasteiger partial charge on any atom is 0.274 e. The number of halogens is 2. The van der Waals surface area contributed by atoms with Crippen molar-refractivity contribution in [3.8, 4) is 0 Å². The van der Waals surface area contributed by atoms with Crippen LogP contribution in [0.5, 0.6) is 0 Å². The normalized spacial score (nSPS) is 10.4. The topological polar surface area (TPSA) is 66.9 Å². The lowest BCUT2D eigenvalue weighted by atomic mass is 10.2. The number of anilines is 2. The summed E-state index contributed by atoms with van der Waals surface area (Å²) in [6, 6.07) is 5.55. The first-order valence-electron chi connectivity index (χ1n) is 6.85. The van der Waals surface area contributed by atoms with Crippen LogP contribution in [0, 0.1) is 12.7 Å². The molecule has 2 aromatic rings. The lowest BCUT2D eigenvalue weighted by molar-refractivity contribution is 0.102. The number of nitrogens with one attached hydrogen (secondary N) is 2. The van der Waals surface area contributed by atoms with Gasteiger partial charge in [-0.2, -0.15) is 0 Å². The van der Waals surface area contributed by atoms with Gasteiger partial charge in [0, 0.05) is 17.9 Å². The molecular weight excluding hydrogens is 307 g/mol. The predicted molar refractivity (Wildman–Crippen MR) is 84.9 cm³/mol. The Kier molecular flexibility index (Phi) is 5.27. The maximum absolute atomic E-state index is 13.1. The molecular formula is C15H16ClFN4O. The molecule has 0 aliphatic heterocycles. The molecule has 1 heterocycles. The van der Waals surface area contributed by atoms with E-state index in [1.165, 1.54) is 18.2 Å². The van der Waals surface area contributed by atoms with E-state index in [2.05, 4.69) is 20.6 Å². The summed E-state index contributed by atoms with van der Waals surface area (Å²) < 4.78 is 13.1. The van der Waals surface area contributed by atoms with Crippen LogP contribution in [-0.4, -0.2) is 22.4 Å². The predicted octanol–water partition coefficient (Wildman–Crippen LogP) is 3.65. The maximum atomic E-state index is 13.1. The zero-order valence-electron chi connectivity index (χ0n) is 12.3. The Morgan fingerprint density at radius 1 is 1.32 bits per heavy atom. The summed E-state index contributed by atoms with van der Waals surface area (Å²) in [7, 11) is 0. The Balaban J connectivity index is 2.17. The van der Waals surface area contributed by atoms with Gasteiger partial charge in [-0.15, -0.1) is 0 Å². The van der Waals surface area contributed by atoms with Gasteiger partial charge in [-0.05, 0) is 37.6 Å². The van der Waals surface area contributed by atoms with E-state index < -0.39 is 11.7 Å². The first kappa shape index (κ1) is 16.2. The number of carbonyl (C=O) groups is 1. The van der Waals surface area contributed by atoms with Gasteiger partial charge in [0.25, 0.3) is 5.91 Å². The molecule has 0 saturated heterocycles. The van der Waals surface area contributed by atoms with E-state index in [1.807, 2.05) is 6.92 Å². The Hall–Kier alpha value is -2.21. The highest BCUT2D eigenvalue weighted by atomic mass is 35.5. The van der Waals surface area contributed by atoms with Crippen LogP contribution in [0.3, 0.4) is 0 Å². The van der Waals surface area contributed by atoms with Crippen molar-refractivity contribution >= 4 is 29.1 Å². The quantitative estimate of drug-likeness (QED) is 0.881. The van der Waals surface area contributed by atoms with Crippen molar-refractivity contribution in [2.45, 2.75) is 20.3 Å². The number of aryl methyl sites for hydroxylation is 1. The van der Waals surface area contributed by atoms with Crippen LogP contribution >= 0.6 is 11.6 Å². The summed E-state index contributed by atoms with van der Waals surface area (Å²) >= 11 is 5.69. The molecule has 2 N–H and O–H groups in total. The lowest BCUT2D eigenvalue weighted by Crippen LogP contribution is -2.16. The number of nitrogens with zero attached hydrogens (tertiary/aromatic N) is 2. The largest absolute Gasteiger partial charge is 0.354 e. The minimum absolute atomic E-state index is 0.0537. The number of amides is 1. The molecule has 0 aliphatic carbocycles. The van der Waals surface area contributed by atoms with Gasteiger partial charge < -0.3 is 10.6 Å². The van der Waals surface area contributed by atoms with Crippen molar-refractivity contribution in [1.29, 1.82) is 0 Å². The second-order valence-electron chi connectivity index (χ2n) is 4.73. The van der Waals surface area contributed by atoms with Gasteiger partial charge in [0.15, 0.2) is 0 Å². The molecule has 0 bridgehead atoms. The molecule has 0 aliphatic rings. The molecule has 1 amide bonds. The summed E-state index contributed by atoms with van der Waals surface area (Å²) in [5.74, 6) is -0.541. The molecule has 0 unspecified atom stereocenters. The van der Waals surface area contributed by atoms with Crippen LogP contribution in [0.25, 0.3) is 0 Å².